The Hall–Kier alpha value is -3.29. The number of nitrogens with zero attached hydrogens (tertiary/aromatic N) is 1. The predicted octanol–water partition coefficient (Wildman–Crippen LogP) is 1.86. The van der Waals surface area contributed by atoms with Gasteiger partial charge in [-0.3, -0.25) is 43.3 Å². The van der Waals surface area contributed by atoms with Crippen LogP contribution in [0.5, 0.6) is 0 Å². The van der Waals surface area contributed by atoms with E-state index in [-0.39, 0.29) is 103 Å². The maximum Gasteiger partial charge on any atom is 0.242 e. The zero-order chi connectivity index (χ0) is 48.3. The summed E-state index contributed by atoms with van der Waals surface area (Å²) in [6.07, 6.45) is -2.58. The summed E-state index contributed by atoms with van der Waals surface area (Å²) < 4.78 is 0. The molecular formula is C46H78N4O13S. The molecule has 8 N–H and O–H groups in total. The van der Waals surface area contributed by atoms with Crippen molar-refractivity contribution in [2.24, 2.45) is 41.4 Å². The molecule has 5 amide bonds. The summed E-state index contributed by atoms with van der Waals surface area (Å²) in [6, 6.07) is -0.968. The Kier molecular flexibility index (Phi) is 25.5. The zero-order valence-corrected chi connectivity index (χ0v) is 39.9. The van der Waals surface area contributed by atoms with Crippen molar-refractivity contribution in [3.05, 3.63) is 0 Å². The van der Waals surface area contributed by atoms with Crippen LogP contribution in [-0.2, 0) is 38.4 Å². The number of Topliss-reactive ketones (excluding diaryl/α,β-unsaturated/α-hetero) is 3. The smallest absolute Gasteiger partial charge is 0.242 e. The van der Waals surface area contributed by atoms with Gasteiger partial charge in [0.05, 0.1) is 24.0 Å². The maximum absolute atomic E-state index is 13.8. The van der Waals surface area contributed by atoms with Crippen LogP contribution in [0.1, 0.15) is 132 Å². The van der Waals surface area contributed by atoms with Gasteiger partial charge in [-0.15, -0.1) is 11.8 Å². The summed E-state index contributed by atoms with van der Waals surface area (Å²) in [5.41, 5.74) is 0. The standard InChI is InChI=1S/C46H78N4O13S/c1-26(2)22-48-44(61)29(7)19-34(53)40(27(3)4)49-45(62)32(16-17-38(56)47-23-35(54)42(59)43(60)36(55)25-51)20-33(52)11-9-8-10-18-64-37-21-39(57)50(46(37)63)24-30-12-14-31(15-13-30)41(58)28(5)6/h26-32,35-37,40,42-43,51,54-55,59-60H,8-25H2,1-7H3,(H,47,56)(H,48,61)(H,49,62)/t29-,30?,31?,32-,35+,36-,37?,40+,42-,43-/m1/s1. The fraction of sp³-hybridized carbons (Fsp3) is 0.826. The normalized spacial score (nSPS) is 21.3. The molecule has 0 spiro atoms. The minimum Gasteiger partial charge on any atom is -0.394 e. The SMILES string of the molecule is CC(C)CNC(=O)[C@H](C)CC(=O)[C@@H](NC(=O)[C@H](CCC(=O)NC[C@H](O)[C@@H](O)[C@H](O)[C@H](O)CO)CC(=O)CCCCCSC1CC(=O)N(CC2CCC(C(=O)C(C)C)CC2)C1=O)C(C)C. The molecule has 64 heavy (non-hydrogen) atoms. The number of hydrogen-bond donors (Lipinski definition) is 8. The van der Waals surface area contributed by atoms with E-state index < -0.39 is 72.5 Å². The van der Waals surface area contributed by atoms with E-state index in [1.165, 1.54) is 16.7 Å². The lowest BCUT2D eigenvalue weighted by Gasteiger charge is -2.30. The molecule has 1 unspecified atom stereocenters. The molecule has 0 bridgehead atoms. The van der Waals surface area contributed by atoms with Crippen molar-refractivity contribution < 1.29 is 63.9 Å². The highest BCUT2D eigenvalue weighted by Gasteiger charge is 2.40. The van der Waals surface area contributed by atoms with Crippen molar-refractivity contribution in [1.29, 1.82) is 0 Å². The third-order valence-electron chi connectivity index (χ3n) is 12.2. The molecule has 2 fully saturated rings. The van der Waals surface area contributed by atoms with Crippen LogP contribution in [-0.4, -0.2) is 145 Å². The van der Waals surface area contributed by atoms with Crippen LogP contribution in [0.25, 0.3) is 0 Å². The van der Waals surface area contributed by atoms with Crippen LogP contribution in [0.2, 0.25) is 0 Å². The van der Waals surface area contributed by atoms with Gasteiger partial charge in [0.2, 0.25) is 29.5 Å². The number of thioether (sulfide) groups is 1. The molecule has 1 saturated carbocycles. The molecule has 0 aromatic carbocycles. The van der Waals surface area contributed by atoms with Crippen molar-refractivity contribution >= 4 is 58.6 Å². The van der Waals surface area contributed by atoms with Crippen LogP contribution in [0.3, 0.4) is 0 Å². The van der Waals surface area contributed by atoms with Crippen LogP contribution in [0.4, 0.5) is 0 Å². The number of aliphatic hydroxyl groups excluding tert-OH is 5. The first-order chi connectivity index (χ1) is 30.1. The molecule has 0 radical (unpaired) electrons. The Morgan fingerprint density at radius 2 is 1.41 bits per heavy atom. The predicted molar refractivity (Wildman–Crippen MR) is 241 cm³/mol. The first-order valence-electron chi connectivity index (χ1n) is 23.3. The summed E-state index contributed by atoms with van der Waals surface area (Å²) >= 11 is 1.44. The molecular weight excluding hydrogens is 849 g/mol. The van der Waals surface area contributed by atoms with Crippen LogP contribution in [0, 0.1) is 41.4 Å². The summed E-state index contributed by atoms with van der Waals surface area (Å²) in [5, 5.41) is 56.2. The largest absolute Gasteiger partial charge is 0.394 e. The fourth-order valence-corrected chi connectivity index (χ4v) is 9.24. The number of imide groups is 1. The number of carbonyl (C=O) groups is 8. The number of nitrogens with one attached hydrogen (secondary N) is 3. The van der Waals surface area contributed by atoms with Gasteiger partial charge < -0.3 is 41.5 Å². The lowest BCUT2D eigenvalue weighted by molar-refractivity contribution is -0.139. The van der Waals surface area contributed by atoms with Gasteiger partial charge in [0.25, 0.3) is 0 Å². The van der Waals surface area contributed by atoms with Crippen LogP contribution >= 0.6 is 11.8 Å². The molecule has 0 aromatic heterocycles. The Morgan fingerprint density at radius 1 is 0.766 bits per heavy atom. The van der Waals surface area contributed by atoms with E-state index >= 15 is 0 Å². The topological polar surface area (TPSA) is 277 Å². The highest BCUT2D eigenvalue weighted by atomic mass is 32.2. The second kappa shape index (κ2) is 28.7. The number of rotatable bonds is 31. The number of amides is 5. The number of hydrogen-bond acceptors (Lipinski definition) is 14. The van der Waals surface area contributed by atoms with Gasteiger partial charge in [-0.2, -0.15) is 0 Å². The molecule has 17 nitrogen and oxygen atoms in total. The molecule has 366 valence electrons. The molecule has 18 heteroatoms. The Bertz CT molecular complexity index is 1550. The average Bonchev–Trinajstić information content (AvgIpc) is 3.52. The van der Waals surface area contributed by atoms with E-state index in [4.69, 9.17) is 5.11 Å². The molecule has 8 atom stereocenters. The first kappa shape index (κ1) is 56.8. The Morgan fingerprint density at radius 3 is 2.00 bits per heavy atom. The lowest BCUT2D eigenvalue weighted by Crippen LogP contribution is -2.49. The second-order valence-corrected chi connectivity index (χ2v) is 20.3. The summed E-state index contributed by atoms with van der Waals surface area (Å²) in [7, 11) is 0. The molecule has 1 saturated heterocycles. The van der Waals surface area contributed by atoms with Crippen molar-refractivity contribution in [1.82, 2.24) is 20.9 Å². The molecule has 2 rings (SSSR count). The maximum atomic E-state index is 13.8. The highest BCUT2D eigenvalue weighted by Crippen LogP contribution is 2.34. The van der Waals surface area contributed by atoms with Gasteiger partial charge in [-0.1, -0.05) is 54.9 Å². The molecule has 1 heterocycles. The number of unbranched alkanes of at least 4 members (excludes halogenated alkanes) is 2. The number of aliphatic hydroxyl groups is 5. The molecule has 1 aliphatic carbocycles. The summed E-state index contributed by atoms with van der Waals surface area (Å²) in [4.78, 5) is 106. The molecule has 1 aliphatic heterocycles. The molecule has 0 aromatic rings. The van der Waals surface area contributed by atoms with Gasteiger partial charge in [-0.25, -0.2) is 0 Å². The van der Waals surface area contributed by atoms with E-state index in [1.54, 1.807) is 20.8 Å². The van der Waals surface area contributed by atoms with Crippen molar-refractivity contribution in [3.8, 4) is 0 Å². The number of carbonyl (C=O) groups excluding carboxylic acids is 8. The van der Waals surface area contributed by atoms with Crippen molar-refractivity contribution in [2.75, 3.05) is 32.0 Å². The third kappa shape index (κ3) is 19.3. The summed E-state index contributed by atoms with van der Waals surface area (Å²) in [6.45, 7) is 12.3. The fourth-order valence-electron chi connectivity index (χ4n) is 8.05. The number of likely N-dealkylation sites (tertiary alicyclic amines) is 1. The van der Waals surface area contributed by atoms with E-state index in [9.17, 15) is 58.8 Å². The van der Waals surface area contributed by atoms with Gasteiger partial charge >= 0.3 is 0 Å². The van der Waals surface area contributed by atoms with E-state index in [1.807, 2.05) is 27.7 Å². The Balaban J connectivity index is 1.95. The third-order valence-corrected chi connectivity index (χ3v) is 13.5. The van der Waals surface area contributed by atoms with Crippen molar-refractivity contribution in [3.63, 3.8) is 0 Å². The van der Waals surface area contributed by atoms with Crippen molar-refractivity contribution in [2.45, 2.75) is 168 Å². The minimum atomic E-state index is -1.89. The van der Waals surface area contributed by atoms with E-state index in [0.29, 0.717) is 38.1 Å². The molecule has 2 aliphatic rings. The lowest BCUT2D eigenvalue weighted by atomic mass is 9.77. The quantitative estimate of drug-likeness (QED) is 0.0364. The van der Waals surface area contributed by atoms with E-state index in [0.717, 1.165) is 25.7 Å². The first-order valence-corrected chi connectivity index (χ1v) is 24.3. The van der Waals surface area contributed by atoms with Crippen LogP contribution in [0.15, 0.2) is 0 Å². The second-order valence-electron chi connectivity index (χ2n) is 19.0. The minimum absolute atomic E-state index is 0.00132. The van der Waals surface area contributed by atoms with E-state index in [2.05, 4.69) is 16.0 Å². The zero-order valence-electron chi connectivity index (χ0n) is 39.1. The van der Waals surface area contributed by atoms with Gasteiger partial charge in [0.15, 0.2) is 5.78 Å². The Labute approximate surface area is 383 Å². The van der Waals surface area contributed by atoms with Gasteiger partial charge in [-0.05, 0) is 68.5 Å². The number of ketones is 3. The van der Waals surface area contributed by atoms with Crippen LogP contribution < -0.4 is 16.0 Å². The average molecular weight is 927 g/mol. The summed E-state index contributed by atoms with van der Waals surface area (Å²) in [5.74, 6) is -3.11. The monoisotopic (exact) mass is 927 g/mol. The highest BCUT2D eigenvalue weighted by molar-refractivity contribution is 8.00. The van der Waals surface area contributed by atoms with Gasteiger partial charge in [0.1, 0.15) is 29.9 Å². The van der Waals surface area contributed by atoms with Gasteiger partial charge in [0, 0.05) is 75.4 Å².